The van der Waals surface area contributed by atoms with Crippen LogP contribution in [0.4, 0.5) is 0 Å². The summed E-state index contributed by atoms with van der Waals surface area (Å²) in [4.78, 5) is 36.7. The van der Waals surface area contributed by atoms with Crippen molar-refractivity contribution in [2.24, 2.45) is 5.41 Å². The highest BCUT2D eigenvalue weighted by Gasteiger charge is 2.43. The maximum atomic E-state index is 12.3. The van der Waals surface area contributed by atoms with Crippen LogP contribution in [0.3, 0.4) is 0 Å². The predicted octanol–water partition coefficient (Wildman–Crippen LogP) is 1.01. The third-order valence-electron chi connectivity index (χ3n) is 3.96. The van der Waals surface area contributed by atoms with E-state index >= 15 is 0 Å². The second-order valence-corrected chi connectivity index (χ2v) is 5.46. The molecule has 6 nitrogen and oxygen atoms in total. The quantitative estimate of drug-likeness (QED) is 0.730. The van der Waals surface area contributed by atoms with Gasteiger partial charge in [0.15, 0.2) is 0 Å². The molecular weight excluding hydrogens is 260 g/mol. The number of carboxylic acids is 1. The Morgan fingerprint density at radius 2 is 1.85 bits per heavy atom. The number of likely N-dealkylation sites (N-methyl/N-ethyl adjacent to an activating group) is 1. The molecule has 0 unspecified atom stereocenters. The molecule has 0 bridgehead atoms. The monoisotopic (exact) mass is 284 g/mol. The number of aliphatic carboxylic acids is 1. The molecule has 0 radical (unpaired) electrons. The van der Waals surface area contributed by atoms with Gasteiger partial charge in [-0.3, -0.25) is 14.4 Å². The Balaban J connectivity index is 2.73. The van der Waals surface area contributed by atoms with Crippen molar-refractivity contribution >= 4 is 17.8 Å². The molecule has 1 rings (SSSR count). The van der Waals surface area contributed by atoms with E-state index in [1.54, 1.807) is 0 Å². The molecule has 1 aliphatic rings. The molecule has 0 aromatic heterocycles. The van der Waals surface area contributed by atoms with Gasteiger partial charge in [-0.2, -0.15) is 0 Å². The highest BCUT2D eigenvalue weighted by atomic mass is 16.4. The Morgan fingerprint density at radius 1 is 1.25 bits per heavy atom. The van der Waals surface area contributed by atoms with Gasteiger partial charge in [0, 0.05) is 20.0 Å². The highest BCUT2D eigenvalue weighted by Crippen LogP contribution is 2.41. The van der Waals surface area contributed by atoms with Crippen molar-refractivity contribution in [3.63, 3.8) is 0 Å². The van der Waals surface area contributed by atoms with Crippen LogP contribution < -0.4 is 5.32 Å². The van der Waals surface area contributed by atoms with Crippen LogP contribution in [0.25, 0.3) is 0 Å². The summed E-state index contributed by atoms with van der Waals surface area (Å²) in [5, 5.41) is 11.9. The fourth-order valence-corrected chi connectivity index (χ4v) is 2.73. The molecule has 1 aliphatic carbocycles. The molecule has 2 N–H and O–H groups in total. The number of carboxylic acid groups (broad SMARTS) is 1. The van der Waals surface area contributed by atoms with Gasteiger partial charge in [0.1, 0.15) is 0 Å². The standard InChI is InChI=1S/C14H24N2O4/c1-3-8-16(10-11(17)15-2)12(18)9-14(13(19)20)6-4-5-7-14/h3-10H2,1-2H3,(H,15,17)(H,19,20). The molecule has 0 heterocycles. The van der Waals surface area contributed by atoms with Crippen LogP contribution in [0.5, 0.6) is 0 Å². The zero-order chi connectivity index (χ0) is 15.2. The van der Waals surface area contributed by atoms with Crippen molar-refractivity contribution in [2.75, 3.05) is 20.1 Å². The minimum atomic E-state index is -0.925. The van der Waals surface area contributed by atoms with Crippen LogP contribution in [0.2, 0.25) is 0 Å². The number of rotatable bonds is 7. The molecule has 1 fully saturated rings. The van der Waals surface area contributed by atoms with Crippen molar-refractivity contribution in [3.8, 4) is 0 Å². The van der Waals surface area contributed by atoms with E-state index in [4.69, 9.17) is 0 Å². The maximum Gasteiger partial charge on any atom is 0.310 e. The number of carbonyl (C=O) groups excluding carboxylic acids is 2. The second-order valence-electron chi connectivity index (χ2n) is 5.46. The predicted molar refractivity (Wildman–Crippen MR) is 74.1 cm³/mol. The van der Waals surface area contributed by atoms with E-state index in [0.29, 0.717) is 19.4 Å². The summed E-state index contributed by atoms with van der Waals surface area (Å²) in [6, 6.07) is 0. The van der Waals surface area contributed by atoms with Crippen LogP contribution in [0.15, 0.2) is 0 Å². The number of nitrogens with one attached hydrogen (secondary N) is 1. The fraction of sp³-hybridized carbons (Fsp3) is 0.786. The summed E-state index contributed by atoms with van der Waals surface area (Å²) in [6.07, 6.45) is 3.54. The van der Waals surface area contributed by atoms with Crippen molar-refractivity contribution in [1.29, 1.82) is 0 Å². The molecule has 0 aromatic carbocycles. The first-order chi connectivity index (χ1) is 9.45. The third-order valence-corrected chi connectivity index (χ3v) is 3.96. The lowest BCUT2D eigenvalue weighted by Gasteiger charge is -2.28. The summed E-state index contributed by atoms with van der Waals surface area (Å²) in [7, 11) is 1.52. The average Bonchev–Trinajstić information content (AvgIpc) is 2.87. The van der Waals surface area contributed by atoms with Gasteiger partial charge in [0.2, 0.25) is 11.8 Å². The van der Waals surface area contributed by atoms with Gasteiger partial charge < -0.3 is 15.3 Å². The molecule has 1 saturated carbocycles. The Morgan fingerprint density at radius 3 is 2.30 bits per heavy atom. The number of carbonyl (C=O) groups is 3. The van der Waals surface area contributed by atoms with E-state index in [9.17, 15) is 19.5 Å². The third kappa shape index (κ3) is 3.95. The van der Waals surface area contributed by atoms with Crippen molar-refractivity contribution in [3.05, 3.63) is 0 Å². The maximum absolute atomic E-state index is 12.3. The minimum Gasteiger partial charge on any atom is -0.481 e. The highest BCUT2D eigenvalue weighted by molar-refractivity contribution is 5.88. The first-order valence-electron chi connectivity index (χ1n) is 7.17. The van der Waals surface area contributed by atoms with Crippen LogP contribution in [0, 0.1) is 5.41 Å². The van der Waals surface area contributed by atoms with E-state index in [-0.39, 0.29) is 24.8 Å². The number of amides is 2. The number of hydrogen-bond donors (Lipinski definition) is 2. The number of hydrogen-bond acceptors (Lipinski definition) is 3. The summed E-state index contributed by atoms with van der Waals surface area (Å²) >= 11 is 0. The molecule has 0 saturated heterocycles. The average molecular weight is 284 g/mol. The Labute approximate surface area is 119 Å². The molecule has 2 amide bonds. The van der Waals surface area contributed by atoms with Gasteiger partial charge in [-0.1, -0.05) is 19.8 Å². The van der Waals surface area contributed by atoms with Gasteiger partial charge in [-0.15, -0.1) is 0 Å². The van der Waals surface area contributed by atoms with Gasteiger partial charge in [-0.05, 0) is 19.3 Å². The van der Waals surface area contributed by atoms with Gasteiger partial charge >= 0.3 is 5.97 Å². The van der Waals surface area contributed by atoms with Crippen LogP contribution in [-0.2, 0) is 14.4 Å². The Bertz CT molecular complexity index is 375. The minimum absolute atomic E-state index is 0.000667. The van der Waals surface area contributed by atoms with Crippen LogP contribution >= 0.6 is 0 Å². The van der Waals surface area contributed by atoms with Crippen LogP contribution in [0.1, 0.15) is 45.4 Å². The first-order valence-corrected chi connectivity index (χ1v) is 7.17. The molecule has 20 heavy (non-hydrogen) atoms. The zero-order valence-electron chi connectivity index (χ0n) is 12.3. The smallest absolute Gasteiger partial charge is 0.310 e. The molecular formula is C14H24N2O4. The number of nitrogens with zero attached hydrogens (tertiary/aromatic N) is 1. The van der Waals surface area contributed by atoms with E-state index in [1.807, 2.05) is 6.92 Å². The molecule has 0 atom stereocenters. The van der Waals surface area contributed by atoms with E-state index in [1.165, 1.54) is 11.9 Å². The molecule has 0 aromatic rings. The SMILES string of the molecule is CCCN(CC(=O)NC)C(=O)CC1(C(=O)O)CCCC1. The zero-order valence-corrected chi connectivity index (χ0v) is 12.3. The lowest BCUT2D eigenvalue weighted by atomic mass is 9.82. The lowest BCUT2D eigenvalue weighted by molar-refractivity contribution is -0.153. The van der Waals surface area contributed by atoms with Gasteiger partial charge in [0.25, 0.3) is 0 Å². The van der Waals surface area contributed by atoms with Gasteiger partial charge in [0.05, 0.1) is 12.0 Å². The van der Waals surface area contributed by atoms with E-state index < -0.39 is 11.4 Å². The fourth-order valence-electron chi connectivity index (χ4n) is 2.73. The summed E-state index contributed by atoms with van der Waals surface area (Å²) in [5.41, 5.74) is -0.925. The second kappa shape index (κ2) is 7.26. The van der Waals surface area contributed by atoms with Crippen LogP contribution in [-0.4, -0.2) is 47.9 Å². The summed E-state index contributed by atoms with van der Waals surface area (Å²) in [6.45, 7) is 2.40. The van der Waals surface area contributed by atoms with Crippen molar-refractivity contribution < 1.29 is 19.5 Å². The van der Waals surface area contributed by atoms with Gasteiger partial charge in [-0.25, -0.2) is 0 Å². The Hall–Kier alpha value is -1.59. The normalized spacial score (nSPS) is 16.7. The first kappa shape index (κ1) is 16.5. The van der Waals surface area contributed by atoms with Crippen molar-refractivity contribution in [2.45, 2.75) is 45.4 Å². The largest absolute Gasteiger partial charge is 0.481 e. The topological polar surface area (TPSA) is 86.7 Å². The summed E-state index contributed by atoms with van der Waals surface area (Å²) in [5.74, 6) is -1.36. The van der Waals surface area contributed by atoms with E-state index in [0.717, 1.165) is 19.3 Å². The molecule has 114 valence electrons. The summed E-state index contributed by atoms with van der Waals surface area (Å²) < 4.78 is 0. The Kier molecular flexibility index (Phi) is 5.98. The molecule has 0 spiro atoms. The van der Waals surface area contributed by atoms with Crippen molar-refractivity contribution in [1.82, 2.24) is 10.2 Å². The molecule has 0 aliphatic heterocycles. The molecule has 6 heteroatoms. The van der Waals surface area contributed by atoms with E-state index in [2.05, 4.69) is 5.32 Å². The lowest BCUT2D eigenvalue weighted by Crippen LogP contribution is -2.43.